The SMILES string of the molecule is CC(N)Cc1ccc(OCCc2ccccn2)c(Br)c1. The predicted molar refractivity (Wildman–Crippen MR) is 84.9 cm³/mol. The molecule has 2 N–H and O–H groups in total. The minimum Gasteiger partial charge on any atom is -0.492 e. The minimum absolute atomic E-state index is 0.165. The van der Waals surface area contributed by atoms with Crippen molar-refractivity contribution in [2.24, 2.45) is 5.73 Å². The molecule has 1 unspecified atom stereocenters. The van der Waals surface area contributed by atoms with Crippen LogP contribution in [0.15, 0.2) is 47.1 Å². The third-order valence-corrected chi connectivity index (χ3v) is 3.52. The number of hydrogen-bond acceptors (Lipinski definition) is 3. The summed E-state index contributed by atoms with van der Waals surface area (Å²) in [6.07, 6.45) is 3.47. The average molecular weight is 335 g/mol. The molecule has 2 rings (SSSR count). The lowest BCUT2D eigenvalue weighted by atomic mass is 10.1. The molecule has 3 nitrogen and oxygen atoms in total. The fourth-order valence-corrected chi connectivity index (χ4v) is 2.51. The van der Waals surface area contributed by atoms with Crippen molar-refractivity contribution in [1.82, 2.24) is 4.98 Å². The number of pyridine rings is 1. The Morgan fingerprint density at radius 1 is 1.30 bits per heavy atom. The van der Waals surface area contributed by atoms with Crippen LogP contribution < -0.4 is 10.5 Å². The van der Waals surface area contributed by atoms with Gasteiger partial charge in [-0.1, -0.05) is 12.1 Å². The van der Waals surface area contributed by atoms with Gasteiger partial charge in [0.25, 0.3) is 0 Å². The number of halogens is 1. The first-order valence-electron chi connectivity index (χ1n) is 6.72. The standard InChI is InChI=1S/C16H19BrN2O/c1-12(18)10-13-5-6-16(15(17)11-13)20-9-7-14-4-2-3-8-19-14/h2-6,8,11-12H,7,9-10,18H2,1H3. The van der Waals surface area contributed by atoms with E-state index in [2.05, 4.69) is 33.0 Å². The van der Waals surface area contributed by atoms with Crippen LogP contribution in [-0.2, 0) is 12.8 Å². The molecule has 0 saturated carbocycles. The summed E-state index contributed by atoms with van der Waals surface area (Å²) in [5.74, 6) is 0.856. The van der Waals surface area contributed by atoms with Crippen LogP contribution in [0.3, 0.4) is 0 Å². The fraction of sp³-hybridized carbons (Fsp3) is 0.312. The fourth-order valence-electron chi connectivity index (χ4n) is 1.97. The summed E-state index contributed by atoms with van der Waals surface area (Å²) in [6, 6.07) is 12.2. The quantitative estimate of drug-likeness (QED) is 0.881. The molecule has 4 heteroatoms. The predicted octanol–water partition coefficient (Wildman–Crippen LogP) is 3.36. The average Bonchev–Trinajstić information content (AvgIpc) is 2.42. The van der Waals surface area contributed by atoms with Gasteiger partial charge in [0.15, 0.2) is 0 Å². The van der Waals surface area contributed by atoms with Crippen LogP contribution in [0.2, 0.25) is 0 Å². The number of nitrogens with two attached hydrogens (primary N) is 1. The van der Waals surface area contributed by atoms with Crippen LogP contribution >= 0.6 is 15.9 Å². The lowest BCUT2D eigenvalue weighted by molar-refractivity contribution is 0.318. The highest BCUT2D eigenvalue weighted by Gasteiger charge is 2.05. The highest BCUT2D eigenvalue weighted by atomic mass is 79.9. The Labute approximate surface area is 128 Å². The number of rotatable bonds is 6. The molecular formula is C16H19BrN2O. The maximum atomic E-state index is 5.80. The molecule has 0 bridgehead atoms. The van der Waals surface area contributed by atoms with Gasteiger partial charge in [-0.3, -0.25) is 4.98 Å². The smallest absolute Gasteiger partial charge is 0.133 e. The molecule has 2 aromatic rings. The van der Waals surface area contributed by atoms with Gasteiger partial charge in [-0.2, -0.15) is 0 Å². The normalized spacial score (nSPS) is 12.2. The van der Waals surface area contributed by atoms with E-state index in [1.165, 1.54) is 5.56 Å². The van der Waals surface area contributed by atoms with Gasteiger partial charge in [-0.15, -0.1) is 0 Å². The Kier molecular flexibility index (Phi) is 5.56. The second-order valence-electron chi connectivity index (χ2n) is 4.87. The summed E-state index contributed by atoms with van der Waals surface area (Å²) < 4.78 is 6.75. The second-order valence-corrected chi connectivity index (χ2v) is 5.72. The third-order valence-electron chi connectivity index (χ3n) is 2.90. The van der Waals surface area contributed by atoms with Gasteiger partial charge >= 0.3 is 0 Å². The van der Waals surface area contributed by atoms with Gasteiger partial charge in [0.05, 0.1) is 11.1 Å². The molecule has 20 heavy (non-hydrogen) atoms. The van der Waals surface area contributed by atoms with E-state index in [-0.39, 0.29) is 6.04 Å². The molecule has 0 aliphatic carbocycles. The number of benzene rings is 1. The van der Waals surface area contributed by atoms with E-state index in [4.69, 9.17) is 10.5 Å². The lowest BCUT2D eigenvalue weighted by Crippen LogP contribution is -2.17. The van der Waals surface area contributed by atoms with E-state index in [0.717, 1.165) is 28.8 Å². The van der Waals surface area contributed by atoms with Gasteiger partial charge in [0.1, 0.15) is 5.75 Å². The zero-order chi connectivity index (χ0) is 14.4. The summed E-state index contributed by atoms with van der Waals surface area (Å²) >= 11 is 3.54. The lowest BCUT2D eigenvalue weighted by Gasteiger charge is -2.11. The van der Waals surface area contributed by atoms with Crippen LogP contribution in [0.25, 0.3) is 0 Å². The summed E-state index contributed by atoms with van der Waals surface area (Å²) in [4.78, 5) is 4.27. The first kappa shape index (κ1) is 15.0. The number of aromatic nitrogens is 1. The Morgan fingerprint density at radius 3 is 2.80 bits per heavy atom. The minimum atomic E-state index is 0.165. The summed E-state index contributed by atoms with van der Waals surface area (Å²) in [5, 5.41) is 0. The van der Waals surface area contributed by atoms with Gasteiger partial charge < -0.3 is 10.5 Å². The molecule has 0 aliphatic heterocycles. The number of nitrogens with zero attached hydrogens (tertiary/aromatic N) is 1. The van der Waals surface area contributed by atoms with Crippen LogP contribution in [0.4, 0.5) is 0 Å². The molecule has 1 heterocycles. The van der Waals surface area contributed by atoms with Crippen molar-refractivity contribution >= 4 is 15.9 Å². The molecule has 0 amide bonds. The molecule has 106 valence electrons. The van der Waals surface area contributed by atoms with Gasteiger partial charge in [0, 0.05) is 24.4 Å². The molecule has 0 aliphatic rings. The van der Waals surface area contributed by atoms with Crippen LogP contribution in [-0.4, -0.2) is 17.6 Å². The van der Waals surface area contributed by atoms with Crippen molar-refractivity contribution in [2.45, 2.75) is 25.8 Å². The van der Waals surface area contributed by atoms with Gasteiger partial charge in [-0.25, -0.2) is 0 Å². The Hall–Kier alpha value is -1.39. The molecule has 0 fully saturated rings. The molecule has 0 radical (unpaired) electrons. The van der Waals surface area contributed by atoms with E-state index in [9.17, 15) is 0 Å². The summed E-state index contributed by atoms with van der Waals surface area (Å²) in [6.45, 7) is 2.62. The van der Waals surface area contributed by atoms with E-state index >= 15 is 0 Å². The zero-order valence-electron chi connectivity index (χ0n) is 11.6. The van der Waals surface area contributed by atoms with E-state index in [0.29, 0.717) is 6.61 Å². The number of hydrogen-bond donors (Lipinski definition) is 1. The van der Waals surface area contributed by atoms with E-state index in [1.807, 2.05) is 31.2 Å². The molecule has 1 atom stereocenters. The summed E-state index contributed by atoms with van der Waals surface area (Å²) in [7, 11) is 0. The Morgan fingerprint density at radius 2 is 2.15 bits per heavy atom. The number of ether oxygens (including phenoxy) is 1. The van der Waals surface area contributed by atoms with Gasteiger partial charge in [-0.05, 0) is 59.1 Å². The molecule has 0 saturated heterocycles. The monoisotopic (exact) mass is 334 g/mol. The first-order valence-corrected chi connectivity index (χ1v) is 7.51. The Balaban J connectivity index is 1.90. The van der Waals surface area contributed by atoms with Gasteiger partial charge in [0.2, 0.25) is 0 Å². The van der Waals surface area contributed by atoms with Crippen molar-refractivity contribution in [2.75, 3.05) is 6.61 Å². The van der Waals surface area contributed by atoms with Crippen molar-refractivity contribution in [1.29, 1.82) is 0 Å². The molecular weight excluding hydrogens is 316 g/mol. The largest absolute Gasteiger partial charge is 0.492 e. The molecule has 0 spiro atoms. The van der Waals surface area contributed by atoms with Crippen LogP contribution in [0.5, 0.6) is 5.75 Å². The maximum Gasteiger partial charge on any atom is 0.133 e. The van der Waals surface area contributed by atoms with Crippen molar-refractivity contribution < 1.29 is 4.74 Å². The summed E-state index contributed by atoms with van der Waals surface area (Å²) in [5.41, 5.74) is 8.05. The van der Waals surface area contributed by atoms with Crippen LogP contribution in [0.1, 0.15) is 18.2 Å². The van der Waals surface area contributed by atoms with Crippen molar-refractivity contribution in [3.05, 3.63) is 58.3 Å². The Bertz CT molecular complexity index is 543. The van der Waals surface area contributed by atoms with E-state index < -0.39 is 0 Å². The van der Waals surface area contributed by atoms with E-state index in [1.54, 1.807) is 6.20 Å². The third kappa shape index (κ3) is 4.62. The maximum absolute atomic E-state index is 5.80. The second kappa shape index (κ2) is 7.41. The highest BCUT2D eigenvalue weighted by molar-refractivity contribution is 9.10. The topological polar surface area (TPSA) is 48.1 Å². The van der Waals surface area contributed by atoms with Crippen LogP contribution in [0, 0.1) is 0 Å². The zero-order valence-corrected chi connectivity index (χ0v) is 13.1. The highest BCUT2D eigenvalue weighted by Crippen LogP contribution is 2.26. The van der Waals surface area contributed by atoms with Crippen molar-refractivity contribution in [3.8, 4) is 5.75 Å². The first-order chi connectivity index (χ1) is 9.65. The van der Waals surface area contributed by atoms with Crippen molar-refractivity contribution in [3.63, 3.8) is 0 Å². The molecule has 1 aromatic heterocycles. The molecule has 1 aromatic carbocycles.